The lowest BCUT2D eigenvalue weighted by atomic mass is 9.98. The van der Waals surface area contributed by atoms with Crippen molar-refractivity contribution in [1.82, 2.24) is 10.6 Å². The molecule has 0 bridgehead atoms. The van der Waals surface area contributed by atoms with Gasteiger partial charge in [-0.3, -0.25) is 9.59 Å². The maximum atomic E-state index is 12.6. The van der Waals surface area contributed by atoms with E-state index in [9.17, 15) is 14.4 Å². The number of nitrogens with one attached hydrogen (secondary N) is 2. The van der Waals surface area contributed by atoms with Crippen LogP contribution < -0.4 is 10.6 Å². The van der Waals surface area contributed by atoms with Crippen molar-refractivity contribution >= 4 is 18.0 Å². The SMILES string of the molecule is CCCC(CC(=O)NC(CC)CCC(=O)O)NC(=O)OCC1c2ccccc2-c2ccccc21. The van der Waals surface area contributed by atoms with Gasteiger partial charge in [-0.15, -0.1) is 0 Å². The second-order valence-corrected chi connectivity index (χ2v) is 8.76. The molecule has 0 fully saturated rings. The summed E-state index contributed by atoms with van der Waals surface area (Å²) in [5, 5.41) is 14.6. The van der Waals surface area contributed by atoms with Crippen LogP contribution in [0.3, 0.4) is 0 Å². The Morgan fingerprint density at radius 3 is 2.09 bits per heavy atom. The zero-order valence-corrected chi connectivity index (χ0v) is 19.9. The van der Waals surface area contributed by atoms with Crippen molar-refractivity contribution in [2.24, 2.45) is 0 Å². The number of ether oxygens (including phenoxy) is 1. The summed E-state index contributed by atoms with van der Waals surface area (Å²) < 4.78 is 5.62. The van der Waals surface area contributed by atoms with Gasteiger partial charge in [-0.1, -0.05) is 68.8 Å². The first kappa shape index (κ1) is 25.3. The number of fused-ring (bicyclic) bond motifs is 3. The molecule has 0 aliphatic heterocycles. The first-order valence-corrected chi connectivity index (χ1v) is 12.1. The van der Waals surface area contributed by atoms with E-state index in [-0.39, 0.29) is 43.4 Å². The number of carbonyl (C=O) groups is 3. The Hall–Kier alpha value is -3.35. The van der Waals surface area contributed by atoms with Crippen LogP contribution in [0.25, 0.3) is 11.1 Å². The van der Waals surface area contributed by atoms with Crippen LogP contribution in [0, 0.1) is 0 Å². The highest BCUT2D eigenvalue weighted by atomic mass is 16.5. The largest absolute Gasteiger partial charge is 0.481 e. The highest BCUT2D eigenvalue weighted by molar-refractivity contribution is 5.79. The van der Waals surface area contributed by atoms with Gasteiger partial charge >= 0.3 is 12.1 Å². The molecule has 2 unspecified atom stereocenters. The Morgan fingerprint density at radius 2 is 1.53 bits per heavy atom. The second-order valence-electron chi connectivity index (χ2n) is 8.76. The minimum absolute atomic E-state index is 0.00910. The highest BCUT2D eigenvalue weighted by Gasteiger charge is 2.29. The fourth-order valence-electron chi connectivity index (χ4n) is 4.57. The van der Waals surface area contributed by atoms with Crippen molar-refractivity contribution in [2.45, 2.75) is 70.4 Å². The molecule has 0 saturated carbocycles. The third-order valence-electron chi connectivity index (χ3n) is 6.30. The average molecular weight is 467 g/mol. The molecular weight excluding hydrogens is 432 g/mol. The number of amides is 2. The number of hydrogen-bond acceptors (Lipinski definition) is 4. The number of aliphatic carboxylic acids is 1. The fraction of sp³-hybridized carbons (Fsp3) is 0.444. The Morgan fingerprint density at radius 1 is 0.912 bits per heavy atom. The average Bonchev–Trinajstić information content (AvgIpc) is 3.14. The normalized spacial score (nSPS) is 13.9. The van der Waals surface area contributed by atoms with Gasteiger partial charge in [-0.05, 0) is 41.5 Å². The van der Waals surface area contributed by atoms with E-state index < -0.39 is 12.1 Å². The summed E-state index contributed by atoms with van der Waals surface area (Å²) in [6.07, 6.45) is 2.08. The Bertz CT molecular complexity index is 961. The zero-order chi connectivity index (χ0) is 24.5. The Balaban J connectivity index is 1.55. The quantitative estimate of drug-likeness (QED) is 0.415. The monoisotopic (exact) mass is 466 g/mol. The molecular formula is C27H34N2O5. The summed E-state index contributed by atoms with van der Waals surface area (Å²) >= 11 is 0. The van der Waals surface area contributed by atoms with Gasteiger partial charge in [0.25, 0.3) is 0 Å². The van der Waals surface area contributed by atoms with Gasteiger partial charge in [0.15, 0.2) is 0 Å². The second kappa shape index (κ2) is 12.2. The lowest BCUT2D eigenvalue weighted by Gasteiger charge is -2.21. The molecule has 1 aliphatic rings. The maximum Gasteiger partial charge on any atom is 0.407 e. The van der Waals surface area contributed by atoms with Gasteiger partial charge in [0.05, 0.1) is 0 Å². The summed E-state index contributed by atoms with van der Waals surface area (Å²) in [5.41, 5.74) is 4.63. The molecule has 2 atom stereocenters. The van der Waals surface area contributed by atoms with Crippen molar-refractivity contribution in [3.63, 3.8) is 0 Å². The Kier molecular flexibility index (Phi) is 9.08. The first-order chi connectivity index (χ1) is 16.4. The van der Waals surface area contributed by atoms with Crippen LogP contribution in [-0.2, 0) is 14.3 Å². The summed E-state index contributed by atoms with van der Waals surface area (Å²) in [7, 11) is 0. The van der Waals surface area contributed by atoms with Gasteiger partial charge in [-0.2, -0.15) is 0 Å². The van der Waals surface area contributed by atoms with Crippen LogP contribution in [0.15, 0.2) is 48.5 Å². The van der Waals surface area contributed by atoms with Crippen molar-refractivity contribution < 1.29 is 24.2 Å². The number of carbonyl (C=O) groups excluding carboxylic acids is 2. The van der Waals surface area contributed by atoms with Crippen LogP contribution in [0.5, 0.6) is 0 Å². The number of carboxylic acid groups (broad SMARTS) is 1. The summed E-state index contributed by atoms with van der Waals surface area (Å²) in [6.45, 7) is 4.12. The van der Waals surface area contributed by atoms with Gasteiger partial charge in [0, 0.05) is 30.8 Å². The zero-order valence-electron chi connectivity index (χ0n) is 19.9. The van der Waals surface area contributed by atoms with Gasteiger partial charge in [0.2, 0.25) is 5.91 Å². The number of carboxylic acids is 1. The van der Waals surface area contributed by atoms with Gasteiger partial charge in [-0.25, -0.2) is 4.79 Å². The van der Waals surface area contributed by atoms with E-state index in [2.05, 4.69) is 34.9 Å². The van der Waals surface area contributed by atoms with Crippen molar-refractivity contribution in [3.05, 3.63) is 59.7 Å². The summed E-state index contributed by atoms with van der Waals surface area (Å²) in [4.78, 5) is 35.9. The minimum Gasteiger partial charge on any atom is -0.481 e. The molecule has 3 N–H and O–H groups in total. The molecule has 7 heteroatoms. The predicted octanol–water partition coefficient (Wildman–Crippen LogP) is 4.84. The Labute approximate surface area is 200 Å². The smallest absolute Gasteiger partial charge is 0.407 e. The van der Waals surface area contributed by atoms with Crippen LogP contribution in [0.4, 0.5) is 4.79 Å². The fourth-order valence-corrected chi connectivity index (χ4v) is 4.57. The van der Waals surface area contributed by atoms with Gasteiger partial charge in [0.1, 0.15) is 6.61 Å². The molecule has 0 spiro atoms. The molecule has 2 aromatic rings. The lowest BCUT2D eigenvalue weighted by Crippen LogP contribution is -2.42. The molecule has 2 aromatic carbocycles. The summed E-state index contributed by atoms with van der Waals surface area (Å²) in [5.74, 6) is -1.10. The van der Waals surface area contributed by atoms with E-state index >= 15 is 0 Å². The van der Waals surface area contributed by atoms with Gasteiger partial charge < -0.3 is 20.5 Å². The third kappa shape index (κ3) is 6.59. The molecule has 3 rings (SSSR count). The molecule has 0 radical (unpaired) electrons. The van der Waals surface area contributed by atoms with Crippen LogP contribution in [0.1, 0.15) is 69.4 Å². The molecule has 1 aliphatic carbocycles. The molecule has 0 aromatic heterocycles. The molecule has 0 heterocycles. The van der Waals surface area contributed by atoms with Crippen molar-refractivity contribution in [3.8, 4) is 11.1 Å². The third-order valence-corrected chi connectivity index (χ3v) is 6.30. The number of alkyl carbamates (subject to hydrolysis) is 1. The molecule has 182 valence electrons. The molecule has 34 heavy (non-hydrogen) atoms. The van der Waals surface area contributed by atoms with E-state index in [1.165, 1.54) is 11.1 Å². The summed E-state index contributed by atoms with van der Waals surface area (Å²) in [6, 6.07) is 15.8. The highest BCUT2D eigenvalue weighted by Crippen LogP contribution is 2.44. The van der Waals surface area contributed by atoms with E-state index in [1.54, 1.807) is 0 Å². The van der Waals surface area contributed by atoms with E-state index in [0.29, 0.717) is 19.3 Å². The van der Waals surface area contributed by atoms with Crippen molar-refractivity contribution in [1.29, 1.82) is 0 Å². The van der Waals surface area contributed by atoms with E-state index in [0.717, 1.165) is 17.5 Å². The topological polar surface area (TPSA) is 105 Å². The molecule has 2 amide bonds. The van der Waals surface area contributed by atoms with E-state index in [1.807, 2.05) is 38.1 Å². The lowest BCUT2D eigenvalue weighted by molar-refractivity contribution is -0.137. The first-order valence-electron chi connectivity index (χ1n) is 12.1. The van der Waals surface area contributed by atoms with Crippen LogP contribution in [-0.4, -0.2) is 41.8 Å². The number of benzene rings is 2. The predicted molar refractivity (Wildman–Crippen MR) is 131 cm³/mol. The molecule has 7 nitrogen and oxygen atoms in total. The standard InChI is InChI=1S/C27H34N2O5/c1-3-9-19(16-25(30)28-18(4-2)14-15-26(31)32)29-27(33)34-17-24-22-12-7-5-10-20(22)21-11-6-8-13-23(21)24/h5-8,10-13,18-19,24H,3-4,9,14-17H2,1-2H3,(H,28,30)(H,29,33)(H,31,32). The minimum atomic E-state index is -0.881. The molecule has 0 saturated heterocycles. The number of hydrogen-bond donors (Lipinski definition) is 3. The van der Waals surface area contributed by atoms with E-state index in [4.69, 9.17) is 9.84 Å². The van der Waals surface area contributed by atoms with Crippen molar-refractivity contribution in [2.75, 3.05) is 6.61 Å². The number of rotatable bonds is 12. The maximum absolute atomic E-state index is 12.6. The van der Waals surface area contributed by atoms with Crippen LogP contribution in [0.2, 0.25) is 0 Å². The van der Waals surface area contributed by atoms with Crippen LogP contribution >= 0.6 is 0 Å².